The van der Waals surface area contributed by atoms with Crippen LogP contribution in [0.2, 0.25) is 0 Å². The first-order valence-electron chi connectivity index (χ1n) is 8.91. The van der Waals surface area contributed by atoms with Gasteiger partial charge in [0.15, 0.2) is 0 Å². The highest BCUT2D eigenvalue weighted by Crippen LogP contribution is 2.62. The minimum atomic E-state index is -0.304. The van der Waals surface area contributed by atoms with Crippen molar-refractivity contribution in [1.82, 2.24) is 0 Å². The highest BCUT2D eigenvalue weighted by molar-refractivity contribution is 5.39. The van der Waals surface area contributed by atoms with Crippen molar-refractivity contribution in [2.24, 2.45) is 28.4 Å². The topological polar surface area (TPSA) is 66.5 Å². The van der Waals surface area contributed by atoms with Crippen LogP contribution in [0.3, 0.4) is 0 Å². The molecule has 0 aromatic heterocycles. The van der Waals surface area contributed by atoms with Crippen LogP contribution in [0.4, 0.5) is 0 Å². The van der Waals surface area contributed by atoms with Gasteiger partial charge in [-0.15, -0.1) is 0 Å². The first kappa shape index (κ1) is 14.9. The van der Waals surface area contributed by atoms with Gasteiger partial charge in [0.2, 0.25) is 0 Å². The summed E-state index contributed by atoms with van der Waals surface area (Å²) in [4.78, 5) is 0. The number of aliphatic hydroxyl groups is 2. The van der Waals surface area contributed by atoms with Crippen molar-refractivity contribution >= 4 is 0 Å². The molecule has 4 aliphatic carbocycles. The maximum absolute atomic E-state index is 10.5. The van der Waals surface area contributed by atoms with E-state index in [9.17, 15) is 10.2 Å². The van der Waals surface area contributed by atoms with Gasteiger partial charge in [0.25, 0.3) is 0 Å². The van der Waals surface area contributed by atoms with Crippen LogP contribution < -0.4 is 5.73 Å². The summed E-state index contributed by atoms with van der Waals surface area (Å²) in [6, 6.07) is 0.113. The zero-order chi connectivity index (χ0) is 15.7. The molecule has 4 aliphatic rings. The fourth-order valence-corrected chi connectivity index (χ4v) is 6.08. The van der Waals surface area contributed by atoms with Gasteiger partial charge >= 0.3 is 0 Å². The molecule has 2 fully saturated rings. The second kappa shape index (κ2) is 4.68. The number of hydrogen-bond donors (Lipinski definition) is 3. The molecule has 0 amide bonds. The molecule has 3 nitrogen and oxygen atoms in total. The third-order valence-electron chi connectivity index (χ3n) is 7.54. The maximum atomic E-state index is 10.5. The van der Waals surface area contributed by atoms with Crippen molar-refractivity contribution in [1.29, 1.82) is 0 Å². The molecule has 0 spiro atoms. The number of rotatable bonds is 0. The fourth-order valence-electron chi connectivity index (χ4n) is 6.08. The molecule has 122 valence electrons. The Hall–Kier alpha value is -0.640. The summed E-state index contributed by atoms with van der Waals surface area (Å²) in [5.41, 5.74) is 9.65. The van der Waals surface area contributed by atoms with Crippen molar-refractivity contribution in [3.05, 3.63) is 23.3 Å². The average Bonchev–Trinajstić information content (AvgIpc) is 2.77. The van der Waals surface area contributed by atoms with Gasteiger partial charge in [-0.3, -0.25) is 0 Å². The molecule has 4 rings (SSSR count). The van der Waals surface area contributed by atoms with E-state index in [1.54, 1.807) is 0 Å². The smallest absolute Gasteiger partial charge is 0.0724 e. The minimum Gasteiger partial charge on any atom is -0.392 e. The van der Waals surface area contributed by atoms with Crippen LogP contribution in [0.25, 0.3) is 0 Å². The Labute approximate surface area is 133 Å². The van der Waals surface area contributed by atoms with E-state index in [1.807, 2.05) is 6.08 Å². The molecular formula is C19H29NO2. The summed E-state index contributed by atoms with van der Waals surface area (Å²) in [5, 5.41) is 20.5. The van der Waals surface area contributed by atoms with Crippen molar-refractivity contribution in [3.8, 4) is 0 Å². The molecule has 0 unspecified atom stereocenters. The average molecular weight is 303 g/mol. The van der Waals surface area contributed by atoms with Gasteiger partial charge < -0.3 is 15.9 Å². The summed E-state index contributed by atoms with van der Waals surface area (Å²) >= 11 is 0. The largest absolute Gasteiger partial charge is 0.392 e. The number of fused-ring (bicyclic) bond motifs is 4. The van der Waals surface area contributed by atoms with Crippen molar-refractivity contribution < 1.29 is 10.2 Å². The molecule has 2 saturated carbocycles. The number of allylic oxidation sites excluding steroid dienone is 1. The normalized spacial score (nSPS) is 54.0. The molecular weight excluding hydrogens is 274 g/mol. The van der Waals surface area contributed by atoms with E-state index in [1.165, 1.54) is 11.1 Å². The molecule has 7 atom stereocenters. The predicted octanol–water partition coefficient (Wildman–Crippen LogP) is 2.53. The zero-order valence-corrected chi connectivity index (χ0v) is 13.8. The lowest BCUT2D eigenvalue weighted by Crippen LogP contribution is -2.52. The van der Waals surface area contributed by atoms with Crippen LogP contribution in [0.5, 0.6) is 0 Å². The summed E-state index contributed by atoms with van der Waals surface area (Å²) in [6.45, 7) is 4.61. The quantitative estimate of drug-likeness (QED) is 0.602. The lowest BCUT2D eigenvalue weighted by Gasteiger charge is -2.56. The van der Waals surface area contributed by atoms with E-state index in [0.717, 1.165) is 38.5 Å². The van der Waals surface area contributed by atoms with Gasteiger partial charge in [-0.05, 0) is 61.3 Å². The lowest BCUT2D eigenvalue weighted by molar-refractivity contribution is 0.0233. The number of nitrogens with two attached hydrogens (primary N) is 1. The molecule has 22 heavy (non-hydrogen) atoms. The first-order chi connectivity index (χ1) is 10.4. The van der Waals surface area contributed by atoms with Crippen LogP contribution in [-0.4, -0.2) is 28.5 Å². The standard InChI is InChI=1S/C19H29NO2/c1-18-7-5-12(21)9-11(18)10-15(20)17-13-3-4-16(22)19(13,2)8-6-14(17)18/h5,7,11-12,14-16,21-22H,3-4,6,8-10,20H2,1-2H3/t11-,12-,14-,15-,16-,18-,19-/m0/s1. The number of aliphatic hydroxyl groups excluding tert-OH is 2. The van der Waals surface area contributed by atoms with E-state index in [2.05, 4.69) is 19.9 Å². The van der Waals surface area contributed by atoms with Crippen LogP contribution in [0.15, 0.2) is 23.3 Å². The maximum Gasteiger partial charge on any atom is 0.0724 e. The van der Waals surface area contributed by atoms with Crippen molar-refractivity contribution in [3.63, 3.8) is 0 Å². The zero-order valence-electron chi connectivity index (χ0n) is 13.8. The Bertz CT molecular complexity index is 554. The number of hydrogen-bond acceptors (Lipinski definition) is 3. The van der Waals surface area contributed by atoms with Crippen LogP contribution >= 0.6 is 0 Å². The third kappa shape index (κ3) is 1.79. The molecule has 3 heteroatoms. The fraction of sp³-hybridized carbons (Fsp3) is 0.789. The van der Waals surface area contributed by atoms with E-state index in [4.69, 9.17) is 5.73 Å². The minimum absolute atomic E-state index is 0.0372. The third-order valence-corrected chi connectivity index (χ3v) is 7.54. The van der Waals surface area contributed by atoms with Crippen molar-refractivity contribution in [2.75, 3.05) is 0 Å². The molecule has 0 heterocycles. The Balaban J connectivity index is 1.82. The lowest BCUT2D eigenvalue weighted by atomic mass is 9.50. The van der Waals surface area contributed by atoms with E-state index in [0.29, 0.717) is 11.8 Å². The Morgan fingerprint density at radius 3 is 2.73 bits per heavy atom. The second-order valence-corrected chi connectivity index (χ2v) is 8.56. The Morgan fingerprint density at radius 1 is 1.18 bits per heavy atom. The van der Waals surface area contributed by atoms with Gasteiger partial charge in [-0.25, -0.2) is 0 Å². The molecule has 0 aromatic carbocycles. The highest BCUT2D eigenvalue weighted by Gasteiger charge is 2.55. The molecule has 0 aliphatic heterocycles. The summed E-state index contributed by atoms with van der Waals surface area (Å²) in [5.74, 6) is 0.978. The van der Waals surface area contributed by atoms with Crippen LogP contribution in [0.1, 0.15) is 52.4 Å². The molecule has 0 radical (unpaired) electrons. The molecule has 4 N–H and O–H groups in total. The summed E-state index contributed by atoms with van der Waals surface area (Å²) < 4.78 is 0. The Morgan fingerprint density at radius 2 is 1.95 bits per heavy atom. The van der Waals surface area contributed by atoms with Gasteiger partial charge in [-0.2, -0.15) is 0 Å². The monoisotopic (exact) mass is 303 g/mol. The van der Waals surface area contributed by atoms with E-state index >= 15 is 0 Å². The van der Waals surface area contributed by atoms with Gasteiger partial charge in [0.1, 0.15) is 0 Å². The first-order valence-corrected chi connectivity index (χ1v) is 8.91. The second-order valence-electron chi connectivity index (χ2n) is 8.56. The van der Waals surface area contributed by atoms with Gasteiger partial charge in [-0.1, -0.05) is 31.6 Å². The predicted molar refractivity (Wildman–Crippen MR) is 87.1 cm³/mol. The van der Waals surface area contributed by atoms with Crippen LogP contribution in [-0.2, 0) is 0 Å². The van der Waals surface area contributed by atoms with Gasteiger partial charge in [0, 0.05) is 11.5 Å². The molecule has 0 bridgehead atoms. The van der Waals surface area contributed by atoms with E-state index in [-0.39, 0.29) is 29.1 Å². The van der Waals surface area contributed by atoms with Crippen LogP contribution in [0, 0.1) is 22.7 Å². The SMILES string of the molecule is C[C@]12C=C[C@H](O)C[C@H]1C[C@H](N)C1=C3CC[C@H](O)[C@@]3(C)CC[C@@H]12. The molecule has 0 saturated heterocycles. The molecule has 0 aromatic rings. The Kier molecular flexibility index (Phi) is 3.18. The highest BCUT2D eigenvalue weighted by atomic mass is 16.3. The summed E-state index contributed by atoms with van der Waals surface area (Å²) in [7, 11) is 0. The van der Waals surface area contributed by atoms with E-state index < -0.39 is 0 Å². The van der Waals surface area contributed by atoms with Gasteiger partial charge in [0.05, 0.1) is 12.2 Å². The van der Waals surface area contributed by atoms with Crippen molar-refractivity contribution in [2.45, 2.75) is 70.6 Å². The summed E-state index contributed by atoms with van der Waals surface area (Å²) in [6.07, 6.45) is 9.69.